The highest BCUT2D eigenvalue weighted by molar-refractivity contribution is 9.10. The van der Waals surface area contributed by atoms with Crippen molar-refractivity contribution in [2.24, 2.45) is 0 Å². The number of benzene rings is 4. The maximum Gasteiger partial charge on any atom is 0.0506 e. The summed E-state index contributed by atoms with van der Waals surface area (Å²) < 4.78 is 1.14. The van der Waals surface area contributed by atoms with E-state index in [0.717, 1.165) is 4.47 Å². The van der Waals surface area contributed by atoms with E-state index >= 15 is 0 Å². The number of para-hydroxylation sites is 2. The van der Waals surface area contributed by atoms with Crippen LogP contribution in [0.1, 0.15) is 49.9 Å². The van der Waals surface area contributed by atoms with Crippen LogP contribution in [0.15, 0.2) is 89.4 Å². The molecule has 2 heteroatoms. The van der Waals surface area contributed by atoms with Crippen molar-refractivity contribution in [1.82, 2.24) is 0 Å². The fraction of sp³-hybridized carbons (Fsp3) is 0.200. The molecule has 0 saturated carbocycles. The van der Waals surface area contributed by atoms with Crippen molar-refractivity contribution in [2.45, 2.75) is 38.5 Å². The van der Waals surface area contributed by atoms with Crippen molar-refractivity contribution >= 4 is 33.0 Å². The Morgan fingerprint density at radius 3 is 2.00 bits per heavy atom. The van der Waals surface area contributed by atoms with Gasteiger partial charge in [0.25, 0.3) is 0 Å². The number of rotatable bonds is 1. The minimum absolute atomic E-state index is 0.0487. The predicted molar refractivity (Wildman–Crippen MR) is 139 cm³/mol. The summed E-state index contributed by atoms with van der Waals surface area (Å²) in [5.41, 5.74) is 11.9. The van der Waals surface area contributed by atoms with Crippen LogP contribution in [0.25, 0.3) is 11.1 Å². The molecule has 32 heavy (non-hydrogen) atoms. The Bertz CT molecular complexity index is 1380. The molecule has 0 bridgehead atoms. The van der Waals surface area contributed by atoms with Gasteiger partial charge in [0.05, 0.1) is 11.4 Å². The van der Waals surface area contributed by atoms with Gasteiger partial charge in [-0.15, -0.1) is 0 Å². The zero-order valence-electron chi connectivity index (χ0n) is 18.9. The first kappa shape index (κ1) is 19.8. The fourth-order valence-corrected chi connectivity index (χ4v) is 6.12. The van der Waals surface area contributed by atoms with Gasteiger partial charge in [0.1, 0.15) is 0 Å². The van der Waals surface area contributed by atoms with E-state index in [1.807, 2.05) is 0 Å². The van der Waals surface area contributed by atoms with Gasteiger partial charge in [0, 0.05) is 21.0 Å². The van der Waals surface area contributed by atoms with Gasteiger partial charge in [0.2, 0.25) is 0 Å². The molecule has 0 saturated heterocycles. The molecular weight excluding hydrogens is 454 g/mol. The van der Waals surface area contributed by atoms with Crippen LogP contribution in [-0.4, -0.2) is 0 Å². The average molecular weight is 480 g/mol. The number of halogens is 1. The Morgan fingerprint density at radius 1 is 0.562 bits per heavy atom. The van der Waals surface area contributed by atoms with Crippen molar-refractivity contribution in [3.05, 3.63) is 112 Å². The Labute approximate surface area is 198 Å². The fourth-order valence-electron chi connectivity index (χ4n) is 5.75. The number of nitrogens with zero attached hydrogens (tertiary/aromatic N) is 1. The van der Waals surface area contributed by atoms with Crippen molar-refractivity contribution in [1.29, 1.82) is 0 Å². The molecule has 0 amide bonds. The molecule has 2 aliphatic rings. The zero-order chi connectivity index (χ0) is 22.3. The SMILES string of the molecule is CC1(C)c2cc(Br)ccc2-c2cc3c(cc21)N(c1ccccc1)c1ccccc1C3(C)C. The second kappa shape index (κ2) is 6.59. The van der Waals surface area contributed by atoms with Crippen molar-refractivity contribution < 1.29 is 0 Å². The summed E-state index contributed by atoms with van der Waals surface area (Å²) in [4.78, 5) is 2.45. The first-order valence-electron chi connectivity index (χ1n) is 11.2. The van der Waals surface area contributed by atoms with Gasteiger partial charge in [-0.2, -0.15) is 0 Å². The van der Waals surface area contributed by atoms with Gasteiger partial charge in [-0.3, -0.25) is 0 Å². The quantitative estimate of drug-likeness (QED) is 0.263. The van der Waals surface area contributed by atoms with E-state index in [2.05, 4.69) is 133 Å². The van der Waals surface area contributed by atoms with E-state index in [1.165, 1.54) is 50.4 Å². The lowest BCUT2D eigenvalue weighted by molar-refractivity contribution is 0.627. The number of hydrogen-bond donors (Lipinski definition) is 0. The van der Waals surface area contributed by atoms with Crippen LogP contribution in [0.5, 0.6) is 0 Å². The van der Waals surface area contributed by atoms with E-state index in [4.69, 9.17) is 0 Å². The van der Waals surface area contributed by atoms with Crippen molar-refractivity contribution in [2.75, 3.05) is 4.90 Å². The van der Waals surface area contributed by atoms with E-state index in [1.54, 1.807) is 0 Å². The predicted octanol–water partition coefficient (Wildman–Crippen LogP) is 8.86. The molecule has 0 atom stereocenters. The van der Waals surface area contributed by atoms with E-state index in [0.29, 0.717) is 0 Å². The number of anilines is 3. The van der Waals surface area contributed by atoms with Crippen LogP contribution in [0, 0.1) is 0 Å². The van der Waals surface area contributed by atoms with Crippen LogP contribution in [0.3, 0.4) is 0 Å². The third kappa shape index (κ3) is 2.56. The van der Waals surface area contributed by atoms with Gasteiger partial charge < -0.3 is 4.90 Å². The summed E-state index contributed by atoms with van der Waals surface area (Å²) in [6.07, 6.45) is 0. The maximum absolute atomic E-state index is 3.70. The zero-order valence-corrected chi connectivity index (χ0v) is 20.5. The summed E-state index contributed by atoms with van der Waals surface area (Å²) in [7, 11) is 0. The molecule has 0 fully saturated rings. The highest BCUT2D eigenvalue weighted by atomic mass is 79.9. The third-order valence-corrected chi connectivity index (χ3v) is 7.99. The maximum atomic E-state index is 3.70. The molecule has 1 aliphatic carbocycles. The topological polar surface area (TPSA) is 3.24 Å². The van der Waals surface area contributed by atoms with E-state index < -0.39 is 0 Å². The normalized spacial score (nSPS) is 16.7. The summed E-state index contributed by atoms with van der Waals surface area (Å²) in [5, 5.41) is 0. The second-order valence-corrected chi connectivity index (χ2v) is 11.0. The molecule has 6 rings (SSSR count). The van der Waals surface area contributed by atoms with Crippen LogP contribution < -0.4 is 4.90 Å². The number of fused-ring (bicyclic) bond motifs is 5. The van der Waals surface area contributed by atoms with Crippen molar-refractivity contribution in [3.8, 4) is 11.1 Å². The molecule has 1 aliphatic heterocycles. The lowest BCUT2D eigenvalue weighted by Crippen LogP contribution is -2.31. The van der Waals surface area contributed by atoms with E-state index in [-0.39, 0.29) is 10.8 Å². The molecule has 0 N–H and O–H groups in total. The number of hydrogen-bond acceptors (Lipinski definition) is 1. The largest absolute Gasteiger partial charge is 0.310 e. The Morgan fingerprint density at radius 2 is 1.22 bits per heavy atom. The van der Waals surface area contributed by atoms with Crippen LogP contribution in [0.2, 0.25) is 0 Å². The molecule has 1 nitrogen and oxygen atoms in total. The molecule has 0 unspecified atom stereocenters. The minimum atomic E-state index is -0.0888. The molecule has 0 spiro atoms. The molecule has 1 heterocycles. The molecular formula is C30H26BrN. The van der Waals surface area contributed by atoms with Crippen LogP contribution in [-0.2, 0) is 10.8 Å². The lowest BCUT2D eigenvalue weighted by Gasteiger charge is -2.42. The van der Waals surface area contributed by atoms with Gasteiger partial charge in [-0.05, 0) is 75.8 Å². The summed E-state index contributed by atoms with van der Waals surface area (Å²) in [6, 6.07) is 31.3. The smallest absolute Gasteiger partial charge is 0.0506 e. The van der Waals surface area contributed by atoms with Gasteiger partial charge in [-0.25, -0.2) is 0 Å². The average Bonchev–Trinajstić information content (AvgIpc) is 3.00. The highest BCUT2D eigenvalue weighted by Gasteiger charge is 2.42. The first-order chi connectivity index (χ1) is 15.3. The Hall–Kier alpha value is -2.84. The standard InChI is InChI=1S/C30H26BrN/c1-29(2)23-12-8-9-13-27(23)32(20-10-6-5-7-11-20)28-18-25-22(17-26(28)29)21-15-14-19(31)16-24(21)30(25,3)4/h5-18H,1-4H3. The second-order valence-electron chi connectivity index (χ2n) is 10.0. The third-order valence-electron chi connectivity index (χ3n) is 7.50. The minimum Gasteiger partial charge on any atom is -0.310 e. The van der Waals surface area contributed by atoms with Crippen molar-refractivity contribution in [3.63, 3.8) is 0 Å². The summed E-state index contributed by atoms with van der Waals surface area (Å²) in [5.74, 6) is 0. The van der Waals surface area contributed by atoms with Crippen LogP contribution in [0.4, 0.5) is 17.1 Å². The monoisotopic (exact) mass is 479 g/mol. The lowest BCUT2D eigenvalue weighted by atomic mass is 9.72. The van der Waals surface area contributed by atoms with Gasteiger partial charge in [0.15, 0.2) is 0 Å². The molecule has 158 valence electrons. The molecule has 0 radical (unpaired) electrons. The highest BCUT2D eigenvalue weighted by Crippen LogP contribution is 2.57. The molecule has 0 aromatic heterocycles. The van der Waals surface area contributed by atoms with E-state index in [9.17, 15) is 0 Å². The molecule has 4 aromatic carbocycles. The van der Waals surface area contributed by atoms with Gasteiger partial charge >= 0.3 is 0 Å². The van der Waals surface area contributed by atoms with Crippen LogP contribution >= 0.6 is 15.9 Å². The Balaban J connectivity index is 1.69. The Kier molecular flexibility index (Phi) is 4.08. The summed E-state index contributed by atoms with van der Waals surface area (Å²) in [6.45, 7) is 9.43. The summed E-state index contributed by atoms with van der Waals surface area (Å²) >= 11 is 3.70. The molecule has 4 aromatic rings. The first-order valence-corrected chi connectivity index (χ1v) is 12.0. The van der Waals surface area contributed by atoms with Gasteiger partial charge in [-0.1, -0.05) is 86.1 Å².